The lowest BCUT2D eigenvalue weighted by Crippen LogP contribution is -2.35. The van der Waals surface area contributed by atoms with Gasteiger partial charge in [-0.05, 0) is 31.2 Å². The number of carboxylic acids is 1. The highest BCUT2D eigenvalue weighted by Crippen LogP contribution is 2.11. The molecule has 0 bridgehead atoms. The fourth-order valence-corrected chi connectivity index (χ4v) is 1.43. The molecule has 0 amide bonds. The van der Waals surface area contributed by atoms with Crippen LogP contribution in [0.25, 0.3) is 0 Å². The number of hydrogen-bond acceptors (Lipinski definition) is 2. The number of aliphatic carboxylic acids is 1. The Labute approximate surface area is 104 Å². The van der Waals surface area contributed by atoms with Crippen molar-refractivity contribution >= 4 is 35.4 Å². The van der Waals surface area contributed by atoms with Gasteiger partial charge in [0.1, 0.15) is 6.04 Å². The first-order valence-corrected chi connectivity index (χ1v) is 5.07. The van der Waals surface area contributed by atoms with Crippen molar-refractivity contribution in [3.63, 3.8) is 0 Å². The summed E-state index contributed by atoms with van der Waals surface area (Å²) in [6.45, 7) is 0. The third-order valence-corrected chi connectivity index (χ3v) is 2.53. The number of rotatable bonds is 4. The van der Waals surface area contributed by atoms with Crippen molar-refractivity contribution in [1.29, 1.82) is 0 Å². The lowest BCUT2D eigenvalue weighted by Gasteiger charge is -2.10. The molecule has 0 aliphatic heterocycles. The second-order valence-electron chi connectivity index (χ2n) is 3.01. The molecule has 1 rings (SSSR count). The van der Waals surface area contributed by atoms with Crippen molar-refractivity contribution in [2.45, 2.75) is 12.5 Å². The molecule has 2 N–H and O–H groups in total. The van der Waals surface area contributed by atoms with Gasteiger partial charge in [-0.15, -0.1) is 0 Å². The number of halogens is 1. The van der Waals surface area contributed by atoms with Crippen LogP contribution in [-0.2, 0) is 11.2 Å². The molecule has 0 radical (unpaired) electrons. The first kappa shape index (κ1) is 14.5. The normalized spacial score (nSPS) is 11.6. The van der Waals surface area contributed by atoms with E-state index in [1.54, 1.807) is 7.05 Å². The van der Waals surface area contributed by atoms with Crippen molar-refractivity contribution in [3.05, 3.63) is 34.3 Å². The second kappa shape index (κ2) is 6.87. The summed E-state index contributed by atoms with van der Waals surface area (Å²) >= 11 is 3.33. The van der Waals surface area contributed by atoms with E-state index in [-0.39, 0.29) is 13.5 Å². The Morgan fingerprint density at radius 3 is 2.40 bits per heavy atom. The maximum Gasteiger partial charge on any atom is 0.321 e. The van der Waals surface area contributed by atoms with E-state index < -0.39 is 12.0 Å². The van der Waals surface area contributed by atoms with Crippen molar-refractivity contribution in [3.8, 4) is 0 Å². The number of carbonyl (C=O) groups is 1. The van der Waals surface area contributed by atoms with Crippen LogP contribution in [0.1, 0.15) is 5.56 Å². The Bertz CT molecular complexity index is 316. The molecule has 1 aromatic rings. The van der Waals surface area contributed by atoms with Gasteiger partial charge < -0.3 is 10.4 Å². The molecule has 1 atom stereocenters. The van der Waals surface area contributed by atoms with E-state index in [9.17, 15) is 4.79 Å². The topological polar surface area (TPSA) is 49.3 Å². The average molecular weight is 292 g/mol. The van der Waals surface area contributed by atoms with Crippen LogP contribution in [0.15, 0.2) is 28.7 Å². The summed E-state index contributed by atoms with van der Waals surface area (Å²) in [6.07, 6.45) is 0.499. The largest absolute Gasteiger partial charge is 0.480 e. The van der Waals surface area contributed by atoms with Gasteiger partial charge in [0.25, 0.3) is 0 Å². The summed E-state index contributed by atoms with van der Waals surface area (Å²) in [6, 6.07) is 7.12. The van der Waals surface area contributed by atoms with Crippen molar-refractivity contribution in [2.75, 3.05) is 7.05 Å². The van der Waals surface area contributed by atoms with Crippen molar-refractivity contribution in [1.82, 2.24) is 5.32 Å². The van der Waals surface area contributed by atoms with Crippen LogP contribution in [0.3, 0.4) is 0 Å². The molecule has 84 valence electrons. The van der Waals surface area contributed by atoms with Crippen LogP contribution >= 0.6 is 29.4 Å². The zero-order valence-electron chi connectivity index (χ0n) is 8.33. The highest BCUT2D eigenvalue weighted by molar-refractivity contribution is 9.10. The first-order valence-electron chi connectivity index (χ1n) is 4.28. The summed E-state index contributed by atoms with van der Waals surface area (Å²) in [4.78, 5) is 10.7. The Hall–Kier alpha value is -0.520. The molecule has 15 heavy (non-hydrogen) atoms. The lowest BCUT2D eigenvalue weighted by atomic mass is 10.1. The molecule has 0 saturated heterocycles. The van der Waals surface area contributed by atoms with Gasteiger partial charge >= 0.3 is 5.97 Å². The van der Waals surface area contributed by atoms with E-state index in [0.717, 1.165) is 10.0 Å². The highest BCUT2D eigenvalue weighted by Gasteiger charge is 2.14. The van der Waals surface area contributed by atoms with Gasteiger partial charge in [-0.25, -0.2) is 0 Å². The minimum atomic E-state index is -0.824. The predicted molar refractivity (Wildman–Crippen MR) is 68.7 cm³/mol. The zero-order chi connectivity index (χ0) is 10.6. The molecule has 0 heterocycles. The van der Waals surface area contributed by atoms with Gasteiger partial charge in [0.05, 0.1) is 0 Å². The maximum absolute atomic E-state index is 10.7. The molecular weight excluding hydrogens is 278 g/mol. The van der Waals surface area contributed by atoms with Gasteiger partial charge in [0.15, 0.2) is 0 Å². The van der Waals surface area contributed by atoms with Gasteiger partial charge in [0, 0.05) is 4.47 Å². The van der Waals surface area contributed by atoms with Crippen LogP contribution in [0, 0.1) is 0 Å². The maximum atomic E-state index is 10.7. The minimum Gasteiger partial charge on any atom is -0.480 e. The third kappa shape index (κ3) is 4.68. The van der Waals surface area contributed by atoms with E-state index in [4.69, 9.17) is 5.11 Å². The van der Waals surface area contributed by atoms with E-state index >= 15 is 0 Å². The van der Waals surface area contributed by atoms with E-state index in [2.05, 4.69) is 21.2 Å². The van der Waals surface area contributed by atoms with E-state index in [1.807, 2.05) is 24.3 Å². The molecule has 0 unspecified atom stereocenters. The quantitative estimate of drug-likeness (QED) is 0.889. The number of carboxylic acid groups (broad SMARTS) is 1. The standard InChI is InChI=1S/C10H12BrNO2.H2S/c1-12-9(10(13)14)6-7-2-4-8(11)5-3-7;/h2-5,9,12H,6H2,1H3,(H,13,14);1H2/t9-;/m0./s1. The number of likely N-dealkylation sites (N-methyl/N-ethyl adjacent to an activating group) is 1. The van der Waals surface area contributed by atoms with Crippen LogP contribution < -0.4 is 5.32 Å². The Balaban J connectivity index is 0.00000196. The summed E-state index contributed by atoms with van der Waals surface area (Å²) in [5.74, 6) is -0.824. The second-order valence-corrected chi connectivity index (χ2v) is 3.93. The molecule has 0 aromatic heterocycles. The Morgan fingerprint density at radius 1 is 1.47 bits per heavy atom. The van der Waals surface area contributed by atoms with E-state index in [0.29, 0.717) is 6.42 Å². The first-order chi connectivity index (χ1) is 6.63. The van der Waals surface area contributed by atoms with Gasteiger partial charge in [0.2, 0.25) is 0 Å². The number of hydrogen-bond donors (Lipinski definition) is 2. The summed E-state index contributed by atoms with van der Waals surface area (Å²) in [5.41, 5.74) is 1.01. The van der Waals surface area contributed by atoms with Gasteiger partial charge in [-0.3, -0.25) is 4.79 Å². The van der Waals surface area contributed by atoms with Crippen LogP contribution in [-0.4, -0.2) is 24.2 Å². The molecular formula is C10H14BrNO2S. The van der Waals surface area contributed by atoms with Gasteiger partial charge in [-0.1, -0.05) is 28.1 Å². The molecule has 0 spiro atoms. The molecule has 0 fully saturated rings. The Morgan fingerprint density at radius 2 is 2.00 bits per heavy atom. The summed E-state index contributed by atoms with van der Waals surface area (Å²) in [7, 11) is 1.65. The molecule has 0 aliphatic carbocycles. The smallest absolute Gasteiger partial charge is 0.321 e. The van der Waals surface area contributed by atoms with Crippen LogP contribution in [0.2, 0.25) is 0 Å². The van der Waals surface area contributed by atoms with Crippen LogP contribution in [0.4, 0.5) is 0 Å². The average Bonchev–Trinajstić information content (AvgIpc) is 2.16. The van der Waals surface area contributed by atoms with Crippen LogP contribution in [0.5, 0.6) is 0 Å². The molecule has 0 saturated carbocycles. The number of benzene rings is 1. The SMILES string of the molecule is CN[C@@H](Cc1ccc(Br)cc1)C(=O)O.S. The van der Waals surface area contributed by atoms with Gasteiger partial charge in [-0.2, -0.15) is 13.5 Å². The summed E-state index contributed by atoms with van der Waals surface area (Å²) in [5, 5.41) is 11.6. The minimum absolute atomic E-state index is 0. The fraction of sp³-hybridized carbons (Fsp3) is 0.300. The monoisotopic (exact) mass is 291 g/mol. The third-order valence-electron chi connectivity index (χ3n) is 2.00. The van der Waals surface area contributed by atoms with Crippen molar-refractivity contribution < 1.29 is 9.90 Å². The molecule has 1 aromatic carbocycles. The molecule has 3 nitrogen and oxygen atoms in total. The Kier molecular flexibility index (Phi) is 6.63. The number of nitrogens with one attached hydrogen (secondary N) is 1. The summed E-state index contributed by atoms with van der Waals surface area (Å²) < 4.78 is 0.998. The lowest BCUT2D eigenvalue weighted by molar-refractivity contribution is -0.139. The predicted octanol–water partition coefficient (Wildman–Crippen LogP) is 1.78. The zero-order valence-corrected chi connectivity index (χ0v) is 10.9. The van der Waals surface area contributed by atoms with Crippen molar-refractivity contribution in [2.24, 2.45) is 0 Å². The molecule has 0 aliphatic rings. The fourth-order valence-electron chi connectivity index (χ4n) is 1.17. The highest BCUT2D eigenvalue weighted by atomic mass is 79.9. The molecule has 5 heteroatoms. The van der Waals surface area contributed by atoms with E-state index in [1.165, 1.54) is 0 Å².